The number of urea groups is 1. The Morgan fingerprint density at radius 3 is 2.73 bits per heavy atom. The van der Waals surface area contributed by atoms with Crippen LogP contribution in [-0.2, 0) is 9.53 Å². The minimum atomic E-state index is -1.17. The molecular formula is C27H28Br2N4O7. The Morgan fingerprint density at radius 2 is 2.02 bits per heavy atom. The Kier molecular flexibility index (Phi) is 11.2. The summed E-state index contributed by atoms with van der Waals surface area (Å²) in [7, 11) is 1.27. The second kappa shape index (κ2) is 14.6. The number of terminal acetylenes is 1. The monoisotopic (exact) mass is 678 g/mol. The van der Waals surface area contributed by atoms with Crippen molar-refractivity contribution in [2.75, 3.05) is 26.9 Å². The lowest BCUT2D eigenvalue weighted by Crippen LogP contribution is -2.45. The van der Waals surface area contributed by atoms with Gasteiger partial charge in [0.25, 0.3) is 0 Å². The van der Waals surface area contributed by atoms with E-state index >= 15 is 0 Å². The summed E-state index contributed by atoms with van der Waals surface area (Å²) in [4.78, 5) is 24.5. The number of nitrogens with zero attached hydrogens (tertiary/aromatic N) is 1. The van der Waals surface area contributed by atoms with Gasteiger partial charge < -0.3 is 34.7 Å². The van der Waals surface area contributed by atoms with Gasteiger partial charge in [0.2, 0.25) is 0 Å². The number of ether oxygens (including phenoxy) is 4. The normalized spacial score (nSPS) is 15.5. The van der Waals surface area contributed by atoms with E-state index in [0.29, 0.717) is 45.2 Å². The molecule has 2 aromatic rings. The van der Waals surface area contributed by atoms with E-state index in [-0.39, 0.29) is 18.8 Å². The fourth-order valence-corrected chi connectivity index (χ4v) is 5.13. The van der Waals surface area contributed by atoms with Crippen LogP contribution in [-0.4, -0.2) is 56.5 Å². The number of aliphatic hydroxyl groups excluding tert-OH is 1. The third-order valence-corrected chi connectivity index (χ3v) is 6.48. The molecule has 0 radical (unpaired) electrons. The number of hydrazone groups is 1. The zero-order valence-corrected chi connectivity index (χ0v) is 25.1. The first-order chi connectivity index (χ1) is 19.2. The fourth-order valence-electron chi connectivity index (χ4n) is 3.76. The Morgan fingerprint density at radius 1 is 1.25 bits per heavy atom. The predicted octanol–water partition coefficient (Wildman–Crippen LogP) is 3.74. The molecular weight excluding hydrogens is 652 g/mol. The van der Waals surface area contributed by atoms with Crippen molar-refractivity contribution >= 4 is 50.1 Å². The summed E-state index contributed by atoms with van der Waals surface area (Å²) in [5.74, 6) is 3.05. The number of allylic oxidation sites excluding steroid dienone is 1. The van der Waals surface area contributed by atoms with E-state index in [2.05, 4.69) is 58.9 Å². The lowest BCUT2D eigenvalue weighted by molar-refractivity contribution is -0.136. The zero-order chi connectivity index (χ0) is 29.2. The van der Waals surface area contributed by atoms with Crippen LogP contribution in [0.3, 0.4) is 0 Å². The van der Waals surface area contributed by atoms with Gasteiger partial charge in [-0.05, 0) is 59.6 Å². The Labute approximate surface area is 248 Å². The minimum absolute atomic E-state index is 0.0792. The van der Waals surface area contributed by atoms with Crippen molar-refractivity contribution in [1.82, 2.24) is 16.1 Å². The topological polar surface area (TPSA) is 140 Å². The van der Waals surface area contributed by atoms with E-state index in [1.807, 2.05) is 6.07 Å². The molecule has 40 heavy (non-hydrogen) atoms. The summed E-state index contributed by atoms with van der Waals surface area (Å²) >= 11 is 6.85. The van der Waals surface area contributed by atoms with Crippen molar-refractivity contribution in [3.05, 3.63) is 61.7 Å². The van der Waals surface area contributed by atoms with Gasteiger partial charge in [0.15, 0.2) is 17.7 Å². The quantitative estimate of drug-likeness (QED) is 0.0875. The largest absolute Gasteiger partial charge is 0.490 e. The number of hydrogen-bond acceptors (Lipinski definition) is 9. The molecule has 0 aromatic heterocycles. The summed E-state index contributed by atoms with van der Waals surface area (Å²) in [6.07, 6.45) is 5.61. The van der Waals surface area contributed by atoms with Gasteiger partial charge in [0.05, 0.1) is 36.0 Å². The maximum absolute atomic E-state index is 12.4. The Bertz CT molecular complexity index is 1360. The van der Waals surface area contributed by atoms with E-state index in [0.717, 1.165) is 4.47 Å². The third kappa shape index (κ3) is 7.91. The summed E-state index contributed by atoms with van der Waals surface area (Å²) in [6.45, 7) is 3.66. The van der Waals surface area contributed by atoms with Gasteiger partial charge in [0, 0.05) is 15.7 Å². The number of aliphatic hydroxyl groups is 1. The van der Waals surface area contributed by atoms with Crippen LogP contribution >= 0.6 is 31.9 Å². The molecule has 0 unspecified atom stereocenters. The number of halogens is 2. The molecule has 1 aliphatic rings. The highest BCUT2D eigenvalue weighted by molar-refractivity contribution is 9.11. The highest BCUT2D eigenvalue weighted by atomic mass is 79.9. The van der Waals surface area contributed by atoms with Crippen LogP contribution in [0.2, 0.25) is 0 Å². The van der Waals surface area contributed by atoms with Gasteiger partial charge in [-0.2, -0.15) is 5.10 Å². The van der Waals surface area contributed by atoms with E-state index in [9.17, 15) is 14.7 Å². The smallest absolute Gasteiger partial charge is 0.337 e. The third-order valence-electron chi connectivity index (χ3n) is 5.44. The molecule has 0 saturated heterocycles. The summed E-state index contributed by atoms with van der Waals surface area (Å²) < 4.78 is 23.5. The van der Waals surface area contributed by atoms with Crippen LogP contribution in [0.25, 0.3) is 0 Å². The number of nitrogens with one attached hydrogen (secondary N) is 3. The van der Waals surface area contributed by atoms with E-state index in [1.54, 1.807) is 38.1 Å². The number of carbonyl (C=O) groups is 2. The second-order valence-electron chi connectivity index (χ2n) is 8.21. The number of esters is 1. The lowest BCUT2D eigenvalue weighted by Gasteiger charge is -2.28. The van der Waals surface area contributed by atoms with Crippen molar-refractivity contribution < 1.29 is 33.6 Å². The number of carbonyl (C=O) groups excluding carboxylic acids is 2. The molecule has 0 saturated carbocycles. The molecule has 1 heterocycles. The van der Waals surface area contributed by atoms with Crippen molar-refractivity contribution in [2.24, 2.45) is 5.10 Å². The van der Waals surface area contributed by atoms with Gasteiger partial charge in [0.1, 0.15) is 19.0 Å². The first kappa shape index (κ1) is 30.8. The molecule has 0 fully saturated rings. The second-order valence-corrected chi connectivity index (χ2v) is 9.98. The summed E-state index contributed by atoms with van der Waals surface area (Å²) in [5, 5.41) is 19.8. The van der Waals surface area contributed by atoms with Crippen LogP contribution < -0.4 is 30.3 Å². The number of benzene rings is 2. The Balaban J connectivity index is 1.72. The van der Waals surface area contributed by atoms with Crippen LogP contribution in [0.5, 0.6) is 17.2 Å². The van der Waals surface area contributed by atoms with E-state index in [4.69, 9.17) is 25.4 Å². The van der Waals surface area contributed by atoms with Gasteiger partial charge in [-0.1, -0.05) is 27.9 Å². The first-order valence-corrected chi connectivity index (χ1v) is 13.5. The number of hydrogen-bond donors (Lipinski definition) is 4. The van der Waals surface area contributed by atoms with Crippen molar-refractivity contribution in [3.63, 3.8) is 0 Å². The van der Waals surface area contributed by atoms with Gasteiger partial charge in [-0.15, -0.1) is 6.42 Å². The van der Waals surface area contributed by atoms with Crippen molar-refractivity contribution in [3.8, 4) is 29.6 Å². The van der Waals surface area contributed by atoms with Crippen LogP contribution in [0.4, 0.5) is 4.79 Å². The molecule has 0 spiro atoms. The molecule has 3 rings (SSSR count). The zero-order valence-electron chi connectivity index (χ0n) is 21.9. The molecule has 13 heteroatoms. The van der Waals surface area contributed by atoms with Crippen molar-refractivity contribution in [1.29, 1.82) is 0 Å². The minimum Gasteiger partial charge on any atom is -0.490 e. The molecule has 2 atom stereocenters. The SMILES string of the molecule is C#CCOc1c(Br)cc(Br)cc1/C=N/N[C@H](O)COc1ccc([C@H]2NC(=O)NC(C)=C2C(=O)OC)cc1OCC. The number of methoxy groups -OCH3 is 1. The predicted molar refractivity (Wildman–Crippen MR) is 155 cm³/mol. The molecule has 11 nitrogen and oxygen atoms in total. The maximum Gasteiger partial charge on any atom is 0.337 e. The van der Waals surface area contributed by atoms with Crippen LogP contribution in [0, 0.1) is 12.3 Å². The lowest BCUT2D eigenvalue weighted by atomic mass is 9.95. The first-order valence-electron chi connectivity index (χ1n) is 12.0. The molecule has 1 aliphatic heterocycles. The highest BCUT2D eigenvalue weighted by Crippen LogP contribution is 2.35. The van der Waals surface area contributed by atoms with Gasteiger partial charge >= 0.3 is 12.0 Å². The van der Waals surface area contributed by atoms with E-state index in [1.165, 1.54) is 13.3 Å². The average Bonchev–Trinajstić information content (AvgIpc) is 2.91. The average molecular weight is 680 g/mol. The molecule has 2 aromatic carbocycles. The summed E-state index contributed by atoms with van der Waals surface area (Å²) in [5.41, 5.74) is 4.44. The molecule has 212 valence electrons. The highest BCUT2D eigenvalue weighted by Gasteiger charge is 2.32. The maximum atomic E-state index is 12.4. The Hall–Kier alpha value is -3.73. The van der Waals surface area contributed by atoms with E-state index < -0.39 is 24.3 Å². The molecule has 0 aliphatic carbocycles. The number of amides is 2. The number of rotatable bonds is 12. The van der Waals surface area contributed by atoms with Gasteiger partial charge in [-0.3, -0.25) is 5.43 Å². The molecule has 4 N–H and O–H groups in total. The molecule has 0 bridgehead atoms. The van der Waals surface area contributed by atoms with Crippen molar-refractivity contribution in [2.45, 2.75) is 26.1 Å². The van der Waals surface area contributed by atoms with Crippen LogP contribution in [0.1, 0.15) is 31.0 Å². The van der Waals surface area contributed by atoms with Crippen LogP contribution in [0.15, 0.2) is 55.6 Å². The summed E-state index contributed by atoms with van der Waals surface area (Å²) in [6, 6.07) is 7.36. The van der Waals surface area contributed by atoms with Gasteiger partial charge in [-0.25, -0.2) is 9.59 Å². The molecule has 2 amide bonds. The fraction of sp³-hybridized carbons (Fsp3) is 0.296. The standard InChI is InChI=1S/C27H28Br2N4O7/c1-5-9-39-25-17(10-18(28)12-19(25)29)13-30-33-22(34)14-40-20-8-7-16(11-21(20)38-6-2)24-23(26(35)37-4)15(3)31-27(36)32-24/h1,7-8,10-13,22,24,33-34H,6,9,14H2,2-4H3,(H2,31,32,36)/b30-13+/t22-,24-/m1/s1.